The van der Waals surface area contributed by atoms with E-state index in [0.29, 0.717) is 0 Å². The Kier molecular flexibility index (Phi) is 3.72. The van der Waals surface area contributed by atoms with Crippen molar-refractivity contribution in [2.24, 2.45) is 0 Å². The molecule has 1 unspecified atom stereocenters. The molecule has 0 heterocycles. The van der Waals surface area contributed by atoms with Gasteiger partial charge in [-0.15, -0.1) is 0 Å². The van der Waals surface area contributed by atoms with Crippen LogP contribution in [0.5, 0.6) is 0 Å². The van der Waals surface area contributed by atoms with Gasteiger partial charge in [0.1, 0.15) is 0 Å². The zero-order valence-corrected chi connectivity index (χ0v) is 9.03. The number of hydrogen-bond acceptors (Lipinski definition) is 3. The number of rotatable bonds is 3. The van der Waals surface area contributed by atoms with E-state index in [1.165, 1.54) is 17.5 Å². The van der Waals surface area contributed by atoms with E-state index in [0.717, 1.165) is 15.3 Å². The lowest BCUT2D eigenvalue weighted by Gasteiger charge is -2.02. The predicted octanol–water partition coefficient (Wildman–Crippen LogP) is 3.24. The maximum absolute atomic E-state index is 10.9. The zero-order chi connectivity index (χ0) is 9.03. The minimum Gasteiger partial charge on any atom is -0.337 e. The maximum Gasteiger partial charge on any atom is 0.262 e. The summed E-state index contributed by atoms with van der Waals surface area (Å²) in [5.74, 6) is 0. The monoisotopic (exact) mass is 220 g/mol. The van der Waals surface area contributed by atoms with Gasteiger partial charge in [0.15, 0.2) is 0 Å². The van der Waals surface area contributed by atoms with Gasteiger partial charge >= 0.3 is 0 Å². The Hall–Kier alpha value is 0.110. The highest BCUT2D eigenvalue weighted by molar-refractivity contribution is 8.99. The van der Waals surface area contributed by atoms with E-state index in [-0.39, 0.29) is 0 Å². The molecule has 0 aliphatic rings. The molecule has 0 saturated carbocycles. The Labute approximate surface area is 79.4 Å². The summed E-state index contributed by atoms with van der Waals surface area (Å²) in [6.45, 7) is -1.61. The van der Waals surface area contributed by atoms with Crippen LogP contribution in [0.4, 0.5) is 0 Å². The van der Waals surface area contributed by atoms with Crippen molar-refractivity contribution in [3.05, 3.63) is 30.3 Å². The lowest BCUT2D eigenvalue weighted by Crippen LogP contribution is -1.66. The van der Waals surface area contributed by atoms with E-state index < -0.39 is 6.57 Å². The van der Waals surface area contributed by atoms with Crippen molar-refractivity contribution < 1.29 is 9.46 Å². The van der Waals surface area contributed by atoms with Gasteiger partial charge in [-0.1, -0.05) is 18.2 Å². The highest BCUT2D eigenvalue weighted by Crippen LogP contribution is 2.59. The molecule has 1 aromatic rings. The average Bonchev–Trinajstić information content (AvgIpc) is 2.02. The van der Waals surface area contributed by atoms with E-state index in [1.54, 1.807) is 0 Å². The Morgan fingerprint density at radius 2 is 1.92 bits per heavy atom. The van der Waals surface area contributed by atoms with Crippen molar-refractivity contribution in [3.8, 4) is 0 Å². The Bertz CT molecular complexity index is 283. The third-order valence-electron chi connectivity index (χ3n) is 1.01. The first-order valence-corrected chi connectivity index (χ1v) is 8.16. The van der Waals surface area contributed by atoms with Gasteiger partial charge in [-0.05, 0) is 22.9 Å². The molecule has 0 aliphatic heterocycles. The van der Waals surface area contributed by atoms with E-state index in [9.17, 15) is 4.57 Å². The molecule has 0 saturated heterocycles. The summed E-state index contributed by atoms with van der Waals surface area (Å²) in [6, 6.07) is 9.54. The fourth-order valence-electron chi connectivity index (χ4n) is 0.588. The van der Waals surface area contributed by atoms with Crippen molar-refractivity contribution in [2.75, 3.05) is 6.66 Å². The van der Waals surface area contributed by atoms with Gasteiger partial charge in [0.05, 0.1) is 0 Å². The van der Waals surface area contributed by atoms with Gasteiger partial charge in [-0.2, -0.15) is 0 Å². The Balaban J connectivity index is 2.50. The molecular formula is C7H9O2PS2. The highest BCUT2D eigenvalue weighted by atomic mass is 33.3. The van der Waals surface area contributed by atoms with Crippen LogP contribution in [-0.2, 0) is 4.57 Å². The molecule has 0 fully saturated rings. The van der Waals surface area contributed by atoms with Crippen LogP contribution in [0.3, 0.4) is 0 Å². The zero-order valence-electron chi connectivity index (χ0n) is 6.51. The van der Waals surface area contributed by atoms with E-state index in [4.69, 9.17) is 4.89 Å². The van der Waals surface area contributed by atoms with Gasteiger partial charge in [-0.25, -0.2) is 0 Å². The van der Waals surface area contributed by atoms with Crippen LogP contribution >= 0.6 is 27.8 Å². The maximum atomic E-state index is 10.9. The van der Waals surface area contributed by atoms with Crippen LogP contribution < -0.4 is 0 Å². The topological polar surface area (TPSA) is 37.3 Å². The second-order valence-corrected chi connectivity index (χ2v) is 8.99. The summed E-state index contributed by atoms with van der Waals surface area (Å²) >= 11 is 0. The molecule has 1 atom stereocenters. The first kappa shape index (κ1) is 10.2. The third-order valence-corrected chi connectivity index (χ3v) is 6.62. The molecule has 1 N–H and O–H groups in total. The molecule has 0 spiro atoms. The average molecular weight is 220 g/mol. The second kappa shape index (κ2) is 4.38. The van der Waals surface area contributed by atoms with Crippen LogP contribution in [-0.4, -0.2) is 11.6 Å². The van der Waals surface area contributed by atoms with Crippen molar-refractivity contribution >= 4 is 27.8 Å². The molecule has 1 rings (SSSR count). The first-order valence-electron chi connectivity index (χ1n) is 3.29. The van der Waals surface area contributed by atoms with Crippen LogP contribution in [0.1, 0.15) is 0 Å². The van der Waals surface area contributed by atoms with Crippen LogP contribution in [0, 0.1) is 0 Å². The van der Waals surface area contributed by atoms with Crippen LogP contribution in [0.25, 0.3) is 0 Å². The summed E-state index contributed by atoms with van der Waals surface area (Å²) in [5, 5.41) is 0. The Morgan fingerprint density at radius 3 is 2.42 bits per heavy atom. The predicted molar refractivity (Wildman–Crippen MR) is 55.6 cm³/mol. The van der Waals surface area contributed by atoms with Crippen molar-refractivity contribution in [3.63, 3.8) is 0 Å². The normalized spacial score (nSPS) is 15.5. The third kappa shape index (κ3) is 4.21. The minimum atomic E-state index is -2.95. The van der Waals surface area contributed by atoms with E-state index in [2.05, 4.69) is 0 Å². The van der Waals surface area contributed by atoms with Crippen LogP contribution in [0.15, 0.2) is 35.2 Å². The number of hydrogen-bond donors (Lipinski definition) is 1. The molecule has 2 nitrogen and oxygen atoms in total. The SMILES string of the molecule is CP(=O)(O)SSc1ccccc1. The molecule has 1 aromatic carbocycles. The van der Waals surface area contributed by atoms with E-state index in [1.807, 2.05) is 30.3 Å². The minimum absolute atomic E-state index is 0.999. The lowest BCUT2D eigenvalue weighted by molar-refractivity contribution is 0.504. The summed E-state index contributed by atoms with van der Waals surface area (Å²) in [5.41, 5.74) is 0. The van der Waals surface area contributed by atoms with Gasteiger partial charge < -0.3 is 4.89 Å². The fraction of sp³-hybridized carbons (Fsp3) is 0.143. The largest absolute Gasteiger partial charge is 0.337 e. The highest BCUT2D eigenvalue weighted by Gasteiger charge is 2.10. The van der Waals surface area contributed by atoms with Crippen molar-refractivity contribution in [1.82, 2.24) is 0 Å². The fourth-order valence-corrected chi connectivity index (χ4v) is 4.11. The molecular weight excluding hydrogens is 211 g/mol. The molecule has 5 heteroatoms. The number of benzene rings is 1. The molecule has 0 radical (unpaired) electrons. The quantitative estimate of drug-likeness (QED) is 0.626. The second-order valence-electron chi connectivity index (χ2n) is 2.27. The molecule has 0 bridgehead atoms. The molecule has 12 heavy (non-hydrogen) atoms. The molecule has 0 aliphatic carbocycles. The van der Waals surface area contributed by atoms with Crippen molar-refractivity contribution in [2.45, 2.75) is 4.90 Å². The summed E-state index contributed by atoms with van der Waals surface area (Å²) in [6.07, 6.45) is 0. The van der Waals surface area contributed by atoms with Gasteiger partial charge in [0, 0.05) is 22.0 Å². The van der Waals surface area contributed by atoms with Gasteiger partial charge in [0.25, 0.3) is 6.57 Å². The smallest absolute Gasteiger partial charge is 0.262 e. The van der Waals surface area contributed by atoms with E-state index >= 15 is 0 Å². The summed E-state index contributed by atoms with van der Waals surface area (Å²) in [4.78, 5) is 9.98. The Morgan fingerprint density at radius 1 is 1.33 bits per heavy atom. The standard InChI is InChI=1S/C7H9O2PS2/c1-10(8,9)12-11-7-5-3-2-4-6-7/h2-6H,1H3,(H,8,9). The molecule has 0 aromatic heterocycles. The summed E-state index contributed by atoms with van der Waals surface area (Å²) in [7, 11) is 2.35. The molecule has 66 valence electrons. The molecule has 0 amide bonds. The van der Waals surface area contributed by atoms with Crippen LogP contribution in [0.2, 0.25) is 0 Å². The van der Waals surface area contributed by atoms with Gasteiger partial charge in [-0.3, -0.25) is 4.57 Å². The lowest BCUT2D eigenvalue weighted by atomic mass is 10.4. The van der Waals surface area contributed by atoms with Crippen molar-refractivity contribution in [1.29, 1.82) is 0 Å². The van der Waals surface area contributed by atoms with Gasteiger partial charge in [0.2, 0.25) is 0 Å². The first-order chi connectivity index (χ1) is 5.58. The summed E-state index contributed by atoms with van der Waals surface area (Å²) < 4.78 is 10.9.